The molecule has 0 bridgehead atoms. The molecule has 0 aromatic rings. The first-order chi connectivity index (χ1) is 6.73. The van der Waals surface area contributed by atoms with Crippen LogP contribution in [0.1, 0.15) is 6.42 Å². The van der Waals surface area contributed by atoms with Gasteiger partial charge in [-0.2, -0.15) is 0 Å². The molecule has 3 fully saturated rings. The van der Waals surface area contributed by atoms with Gasteiger partial charge in [-0.1, -0.05) is 0 Å². The van der Waals surface area contributed by atoms with Gasteiger partial charge in [0.25, 0.3) is 0 Å². The summed E-state index contributed by atoms with van der Waals surface area (Å²) in [5.41, 5.74) is -0.0775. The Morgan fingerprint density at radius 3 is 1.71 bits per heavy atom. The summed E-state index contributed by atoms with van der Waals surface area (Å²) in [5.74, 6) is -0.680. The molecule has 0 aliphatic carbocycles. The van der Waals surface area contributed by atoms with E-state index in [0.29, 0.717) is 18.1 Å². The van der Waals surface area contributed by atoms with Crippen LogP contribution < -0.4 is 16.0 Å². The van der Waals surface area contributed by atoms with Crippen molar-refractivity contribution in [2.24, 2.45) is 5.41 Å². The van der Waals surface area contributed by atoms with Gasteiger partial charge in [-0.25, -0.2) is 0 Å². The maximum Gasteiger partial charge on any atom is 0.304 e. The fraction of sp³-hybridized carbons (Fsp3) is 0.889. The maximum absolute atomic E-state index is 10.9. The lowest BCUT2D eigenvalue weighted by Crippen LogP contribution is -2.45. The molecule has 0 amide bonds. The van der Waals surface area contributed by atoms with Gasteiger partial charge in [0.05, 0.1) is 6.42 Å². The van der Waals surface area contributed by atoms with Gasteiger partial charge in [-0.15, -0.1) is 0 Å². The summed E-state index contributed by atoms with van der Waals surface area (Å²) in [7, 11) is 0. The first kappa shape index (κ1) is 8.64. The highest BCUT2D eigenvalue weighted by molar-refractivity contribution is 5.69. The average Bonchev–Trinajstić information content (AvgIpc) is 3.04. The molecule has 0 spiro atoms. The van der Waals surface area contributed by atoms with E-state index in [-0.39, 0.29) is 11.8 Å². The van der Waals surface area contributed by atoms with Crippen molar-refractivity contribution >= 4 is 5.97 Å². The molecule has 5 heteroatoms. The molecule has 3 unspecified atom stereocenters. The van der Waals surface area contributed by atoms with Crippen molar-refractivity contribution in [3.05, 3.63) is 0 Å². The Morgan fingerprint density at radius 1 is 1.14 bits per heavy atom. The molecule has 0 aromatic heterocycles. The summed E-state index contributed by atoms with van der Waals surface area (Å²) < 4.78 is 0. The highest BCUT2D eigenvalue weighted by Gasteiger charge is 2.62. The molecule has 0 radical (unpaired) electrons. The summed E-state index contributed by atoms with van der Waals surface area (Å²) in [4.78, 5) is 10.9. The van der Waals surface area contributed by atoms with Gasteiger partial charge >= 0.3 is 5.97 Å². The molecular formula is C9H15N3O2. The maximum atomic E-state index is 10.9. The summed E-state index contributed by atoms with van der Waals surface area (Å²) in [6.07, 6.45) is 0.278. The van der Waals surface area contributed by atoms with Crippen LogP contribution in [-0.2, 0) is 4.79 Å². The zero-order valence-corrected chi connectivity index (χ0v) is 7.92. The first-order valence-electron chi connectivity index (χ1n) is 5.15. The lowest BCUT2D eigenvalue weighted by molar-refractivity contribution is -0.139. The van der Waals surface area contributed by atoms with Crippen molar-refractivity contribution in [1.82, 2.24) is 16.0 Å². The monoisotopic (exact) mass is 197 g/mol. The minimum atomic E-state index is -0.680. The van der Waals surface area contributed by atoms with Crippen molar-refractivity contribution in [1.29, 1.82) is 0 Å². The van der Waals surface area contributed by atoms with Gasteiger partial charge in [0.1, 0.15) is 0 Å². The fourth-order valence-electron chi connectivity index (χ4n) is 2.68. The second-order valence-corrected chi connectivity index (χ2v) is 4.57. The molecule has 3 saturated heterocycles. The van der Waals surface area contributed by atoms with Gasteiger partial charge in [-0.05, 0) is 0 Å². The molecule has 4 N–H and O–H groups in total. The molecule has 5 nitrogen and oxygen atoms in total. The van der Waals surface area contributed by atoms with E-state index in [9.17, 15) is 4.79 Å². The standard InChI is InChI=1S/C9H15N3O2/c13-8(14)1-9(5-2-10-5,6-3-11-6)7-4-12-7/h5-7,10-12H,1-4H2,(H,13,14). The topological polar surface area (TPSA) is 103 Å². The van der Waals surface area contributed by atoms with E-state index in [0.717, 1.165) is 19.6 Å². The van der Waals surface area contributed by atoms with E-state index in [1.54, 1.807) is 0 Å². The smallest absolute Gasteiger partial charge is 0.304 e. The zero-order valence-electron chi connectivity index (χ0n) is 7.92. The van der Waals surface area contributed by atoms with Crippen molar-refractivity contribution < 1.29 is 9.90 Å². The number of hydrogen-bond donors (Lipinski definition) is 4. The molecule has 3 atom stereocenters. The molecule has 3 rings (SSSR count). The first-order valence-corrected chi connectivity index (χ1v) is 5.15. The normalized spacial score (nSPS) is 42.7. The highest BCUT2D eigenvalue weighted by atomic mass is 16.4. The Bertz CT molecular complexity index is 238. The van der Waals surface area contributed by atoms with Crippen LogP contribution in [0.5, 0.6) is 0 Å². The summed E-state index contributed by atoms with van der Waals surface area (Å²) >= 11 is 0. The van der Waals surface area contributed by atoms with E-state index in [1.807, 2.05) is 0 Å². The molecule has 0 aromatic carbocycles. The Kier molecular flexibility index (Phi) is 1.66. The number of nitrogens with one attached hydrogen (secondary N) is 3. The van der Waals surface area contributed by atoms with E-state index in [1.165, 1.54) is 0 Å². The van der Waals surface area contributed by atoms with E-state index in [4.69, 9.17) is 5.11 Å². The Labute approximate surface area is 82.2 Å². The van der Waals surface area contributed by atoms with Crippen LogP contribution in [-0.4, -0.2) is 48.8 Å². The molecule has 14 heavy (non-hydrogen) atoms. The van der Waals surface area contributed by atoms with Crippen molar-refractivity contribution in [3.63, 3.8) is 0 Å². The minimum Gasteiger partial charge on any atom is -0.481 e. The Hall–Kier alpha value is -0.650. The van der Waals surface area contributed by atoms with Crippen molar-refractivity contribution in [3.8, 4) is 0 Å². The van der Waals surface area contributed by atoms with E-state index in [2.05, 4.69) is 16.0 Å². The fourth-order valence-corrected chi connectivity index (χ4v) is 2.68. The number of carboxylic acid groups (broad SMARTS) is 1. The third kappa shape index (κ3) is 1.24. The number of aliphatic carboxylic acids is 1. The molecule has 3 aliphatic rings. The van der Waals surface area contributed by atoms with Crippen LogP contribution >= 0.6 is 0 Å². The van der Waals surface area contributed by atoms with Crippen molar-refractivity contribution in [2.75, 3.05) is 19.6 Å². The predicted molar refractivity (Wildman–Crippen MR) is 50.1 cm³/mol. The lowest BCUT2D eigenvalue weighted by Gasteiger charge is -2.30. The number of rotatable bonds is 5. The SMILES string of the molecule is O=C(O)CC(C1CN1)(C1CN1)C1CN1. The third-order valence-corrected chi connectivity index (χ3v) is 3.63. The van der Waals surface area contributed by atoms with Crippen LogP contribution in [0.4, 0.5) is 0 Å². The number of carbonyl (C=O) groups is 1. The predicted octanol–water partition coefficient (Wildman–Crippen LogP) is -1.64. The van der Waals surface area contributed by atoms with Crippen LogP contribution in [0.25, 0.3) is 0 Å². The highest BCUT2D eigenvalue weighted by Crippen LogP contribution is 2.45. The van der Waals surface area contributed by atoms with Crippen LogP contribution in [0, 0.1) is 5.41 Å². The van der Waals surface area contributed by atoms with E-state index < -0.39 is 5.97 Å². The van der Waals surface area contributed by atoms with Gasteiger partial charge in [0.15, 0.2) is 0 Å². The average molecular weight is 197 g/mol. The quantitative estimate of drug-likeness (QED) is 0.396. The van der Waals surface area contributed by atoms with Gasteiger partial charge in [0, 0.05) is 43.2 Å². The largest absolute Gasteiger partial charge is 0.481 e. The van der Waals surface area contributed by atoms with Gasteiger partial charge in [0.2, 0.25) is 0 Å². The molecular weight excluding hydrogens is 182 g/mol. The lowest BCUT2D eigenvalue weighted by atomic mass is 9.74. The van der Waals surface area contributed by atoms with Crippen LogP contribution in [0.3, 0.4) is 0 Å². The summed E-state index contributed by atoms with van der Waals surface area (Å²) in [6.45, 7) is 2.93. The third-order valence-electron chi connectivity index (χ3n) is 3.63. The molecule has 3 heterocycles. The Morgan fingerprint density at radius 2 is 1.50 bits per heavy atom. The molecule has 3 aliphatic heterocycles. The summed E-state index contributed by atoms with van der Waals surface area (Å²) in [6, 6.07) is 1.20. The van der Waals surface area contributed by atoms with E-state index >= 15 is 0 Å². The molecule has 78 valence electrons. The zero-order chi connectivity index (χ0) is 9.76. The number of carboxylic acids is 1. The summed E-state index contributed by atoms with van der Waals surface area (Å²) in [5, 5.41) is 18.8. The second-order valence-electron chi connectivity index (χ2n) is 4.57. The van der Waals surface area contributed by atoms with Crippen LogP contribution in [0.15, 0.2) is 0 Å². The second kappa shape index (κ2) is 2.68. The van der Waals surface area contributed by atoms with Gasteiger partial charge in [-0.3, -0.25) is 4.79 Å². The Balaban J connectivity index is 1.84. The van der Waals surface area contributed by atoms with Gasteiger partial charge < -0.3 is 21.1 Å². The minimum absolute atomic E-state index is 0.0775. The number of hydrogen-bond acceptors (Lipinski definition) is 4. The van der Waals surface area contributed by atoms with Crippen LogP contribution in [0.2, 0.25) is 0 Å². The molecule has 0 saturated carbocycles. The van der Waals surface area contributed by atoms with Crippen molar-refractivity contribution in [2.45, 2.75) is 24.5 Å².